The van der Waals surface area contributed by atoms with Crippen LogP contribution in [0.3, 0.4) is 0 Å². The molecule has 2 aromatic carbocycles. The molecular formula is C17H17ClN4O2. The Morgan fingerprint density at radius 1 is 1.17 bits per heavy atom. The Bertz CT molecular complexity index is 905. The molecule has 3 rings (SSSR count). The van der Waals surface area contributed by atoms with Gasteiger partial charge in [0, 0.05) is 18.7 Å². The summed E-state index contributed by atoms with van der Waals surface area (Å²) in [7, 11) is 5.07. The predicted octanol–water partition coefficient (Wildman–Crippen LogP) is 3.69. The lowest BCUT2D eigenvalue weighted by Crippen LogP contribution is -1.99. The molecule has 24 heavy (non-hydrogen) atoms. The monoisotopic (exact) mass is 344 g/mol. The number of imidazole rings is 1. The Labute approximate surface area is 144 Å². The van der Waals surface area contributed by atoms with Gasteiger partial charge in [-0.3, -0.25) is 0 Å². The summed E-state index contributed by atoms with van der Waals surface area (Å²) >= 11 is 6.24. The van der Waals surface area contributed by atoms with Crippen molar-refractivity contribution in [1.29, 1.82) is 0 Å². The standard InChI is InChI=1S/C17H17ClN4O2/c1-22-14-7-5-4-6-13(14)20-17(22)21-19-10-11-8-15(23-2)16(24-3)9-12(11)18/h4-10H,1-3H3,(H,20,21)/b19-10-. The van der Waals surface area contributed by atoms with Gasteiger partial charge in [0.05, 0.1) is 36.5 Å². The minimum Gasteiger partial charge on any atom is -0.493 e. The van der Waals surface area contributed by atoms with Crippen molar-refractivity contribution in [1.82, 2.24) is 9.55 Å². The van der Waals surface area contributed by atoms with E-state index in [1.807, 2.05) is 35.9 Å². The summed E-state index contributed by atoms with van der Waals surface area (Å²) in [6.45, 7) is 0. The number of fused-ring (bicyclic) bond motifs is 1. The number of hydrazone groups is 1. The predicted molar refractivity (Wildman–Crippen MR) is 96.5 cm³/mol. The van der Waals surface area contributed by atoms with Gasteiger partial charge < -0.3 is 14.0 Å². The quantitative estimate of drug-likeness (QED) is 0.566. The number of nitrogens with one attached hydrogen (secondary N) is 1. The van der Waals surface area contributed by atoms with E-state index in [-0.39, 0.29) is 0 Å². The lowest BCUT2D eigenvalue weighted by atomic mass is 10.2. The molecule has 1 aromatic heterocycles. The fraction of sp³-hybridized carbons (Fsp3) is 0.176. The smallest absolute Gasteiger partial charge is 0.224 e. The van der Waals surface area contributed by atoms with Crippen molar-refractivity contribution < 1.29 is 9.47 Å². The number of anilines is 1. The molecule has 1 heterocycles. The second kappa shape index (κ2) is 6.80. The second-order valence-electron chi connectivity index (χ2n) is 5.08. The van der Waals surface area contributed by atoms with Crippen LogP contribution in [0, 0.1) is 0 Å². The van der Waals surface area contributed by atoms with Crippen LogP contribution in [0.25, 0.3) is 11.0 Å². The van der Waals surface area contributed by atoms with Crippen molar-refractivity contribution in [3.05, 3.63) is 47.0 Å². The van der Waals surface area contributed by atoms with Crippen LogP contribution in [0.2, 0.25) is 5.02 Å². The van der Waals surface area contributed by atoms with Crippen LogP contribution in [0.15, 0.2) is 41.5 Å². The van der Waals surface area contributed by atoms with E-state index in [2.05, 4.69) is 15.5 Å². The summed E-state index contributed by atoms with van der Waals surface area (Å²) in [6, 6.07) is 11.3. The van der Waals surface area contributed by atoms with Gasteiger partial charge in [-0.05, 0) is 18.2 Å². The van der Waals surface area contributed by atoms with Gasteiger partial charge in [0.1, 0.15) is 0 Å². The highest BCUT2D eigenvalue weighted by molar-refractivity contribution is 6.33. The van der Waals surface area contributed by atoms with Crippen molar-refractivity contribution in [2.24, 2.45) is 12.1 Å². The number of hydrogen-bond acceptors (Lipinski definition) is 5. The number of ether oxygens (including phenoxy) is 2. The summed E-state index contributed by atoms with van der Waals surface area (Å²) in [5, 5.41) is 4.74. The lowest BCUT2D eigenvalue weighted by Gasteiger charge is -2.09. The topological polar surface area (TPSA) is 60.7 Å². The Morgan fingerprint density at radius 2 is 1.88 bits per heavy atom. The molecule has 3 aromatic rings. The zero-order valence-corrected chi connectivity index (χ0v) is 14.3. The molecule has 0 atom stereocenters. The van der Waals surface area contributed by atoms with Gasteiger partial charge in [-0.2, -0.15) is 5.10 Å². The first kappa shape index (κ1) is 16.1. The summed E-state index contributed by atoms with van der Waals surface area (Å²) in [5.74, 6) is 1.80. The number of rotatable bonds is 5. The zero-order valence-electron chi connectivity index (χ0n) is 13.6. The van der Waals surface area contributed by atoms with Crippen LogP contribution in [-0.4, -0.2) is 30.0 Å². The fourth-order valence-electron chi connectivity index (χ4n) is 2.37. The number of benzene rings is 2. The van der Waals surface area contributed by atoms with Crippen LogP contribution in [0.5, 0.6) is 11.5 Å². The van der Waals surface area contributed by atoms with Gasteiger partial charge in [0.25, 0.3) is 0 Å². The molecule has 0 spiro atoms. The third kappa shape index (κ3) is 3.00. The maximum Gasteiger partial charge on any atom is 0.224 e. The van der Waals surface area contributed by atoms with Crippen LogP contribution < -0.4 is 14.9 Å². The number of para-hydroxylation sites is 2. The van der Waals surface area contributed by atoms with Crippen LogP contribution >= 0.6 is 11.6 Å². The molecule has 0 aliphatic heterocycles. The first-order valence-corrected chi connectivity index (χ1v) is 7.64. The normalized spacial score (nSPS) is 11.2. The number of methoxy groups -OCH3 is 2. The summed E-state index contributed by atoms with van der Waals surface area (Å²) in [4.78, 5) is 4.49. The lowest BCUT2D eigenvalue weighted by molar-refractivity contribution is 0.355. The molecule has 0 aliphatic rings. The van der Waals surface area contributed by atoms with E-state index in [1.165, 1.54) is 0 Å². The number of aromatic nitrogens is 2. The highest BCUT2D eigenvalue weighted by Crippen LogP contribution is 2.32. The van der Waals surface area contributed by atoms with Crippen LogP contribution in [0.4, 0.5) is 5.95 Å². The van der Waals surface area contributed by atoms with Crippen molar-refractivity contribution in [3.8, 4) is 11.5 Å². The molecule has 0 aliphatic carbocycles. The van der Waals surface area contributed by atoms with Gasteiger partial charge in [-0.15, -0.1) is 0 Å². The van der Waals surface area contributed by atoms with Crippen LogP contribution in [-0.2, 0) is 7.05 Å². The van der Waals surface area contributed by atoms with Gasteiger partial charge in [0.2, 0.25) is 5.95 Å². The molecule has 0 amide bonds. The minimum atomic E-state index is 0.517. The van der Waals surface area contributed by atoms with Gasteiger partial charge in [0.15, 0.2) is 11.5 Å². The molecule has 0 radical (unpaired) electrons. The van der Waals surface area contributed by atoms with Gasteiger partial charge in [-0.1, -0.05) is 23.7 Å². The SMILES string of the molecule is COc1cc(Cl)c(/C=N\Nc2nc3ccccc3n2C)cc1OC. The third-order valence-electron chi connectivity index (χ3n) is 3.66. The number of aryl methyl sites for hydroxylation is 1. The minimum absolute atomic E-state index is 0.517. The van der Waals surface area contributed by atoms with Gasteiger partial charge >= 0.3 is 0 Å². The summed E-state index contributed by atoms with van der Waals surface area (Å²) in [5.41, 5.74) is 5.58. The zero-order chi connectivity index (χ0) is 17.1. The van der Waals surface area contributed by atoms with Crippen molar-refractivity contribution >= 4 is 34.8 Å². The van der Waals surface area contributed by atoms with Crippen molar-refractivity contribution in [2.45, 2.75) is 0 Å². The van der Waals surface area contributed by atoms with Crippen molar-refractivity contribution in [3.63, 3.8) is 0 Å². The van der Waals surface area contributed by atoms with Crippen molar-refractivity contribution in [2.75, 3.05) is 19.6 Å². The van der Waals surface area contributed by atoms with E-state index in [9.17, 15) is 0 Å². The molecule has 6 nitrogen and oxygen atoms in total. The second-order valence-corrected chi connectivity index (χ2v) is 5.49. The Kier molecular flexibility index (Phi) is 4.57. The number of halogens is 1. The molecule has 124 valence electrons. The first-order valence-electron chi connectivity index (χ1n) is 7.26. The molecule has 7 heteroatoms. The van der Waals surface area contributed by atoms with E-state index in [0.29, 0.717) is 28.0 Å². The third-order valence-corrected chi connectivity index (χ3v) is 3.99. The largest absolute Gasteiger partial charge is 0.493 e. The number of hydrogen-bond donors (Lipinski definition) is 1. The Morgan fingerprint density at radius 3 is 2.58 bits per heavy atom. The molecule has 1 N–H and O–H groups in total. The highest BCUT2D eigenvalue weighted by atomic mass is 35.5. The van der Waals surface area contributed by atoms with E-state index in [4.69, 9.17) is 21.1 Å². The summed E-state index contributed by atoms with van der Waals surface area (Å²) in [6.07, 6.45) is 1.61. The molecular weight excluding hydrogens is 328 g/mol. The molecule has 0 saturated carbocycles. The van der Waals surface area contributed by atoms with E-state index >= 15 is 0 Å². The Balaban J connectivity index is 1.84. The average Bonchev–Trinajstić information content (AvgIpc) is 2.92. The fourth-order valence-corrected chi connectivity index (χ4v) is 2.58. The van der Waals surface area contributed by atoms with Gasteiger partial charge in [-0.25, -0.2) is 10.4 Å². The molecule has 0 fully saturated rings. The average molecular weight is 345 g/mol. The highest BCUT2D eigenvalue weighted by Gasteiger charge is 2.09. The molecule has 0 unspecified atom stereocenters. The van der Waals surface area contributed by atoms with Crippen LogP contribution in [0.1, 0.15) is 5.56 Å². The maximum atomic E-state index is 6.24. The van der Waals surface area contributed by atoms with E-state index < -0.39 is 0 Å². The Hall–Kier alpha value is -2.73. The molecule has 0 bridgehead atoms. The molecule has 0 saturated heterocycles. The van der Waals surface area contributed by atoms with E-state index in [1.54, 1.807) is 32.6 Å². The first-order chi connectivity index (χ1) is 11.6. The van der Waals surface area contributed by atoms with E-state index in [0.717, 1.165) is 11.0 Å². The summed E-state index contributed by atoms with van der Waals surface area (Å²) < 4.78 is 12.4. The number of nitrogens with zero attached hydrogens (tertiary/aromatic N) is 3. The maximum absolute atomic E-state index is 6.24.